The molecule has 4 nitrogen and oxygen atoms in total. The molecule has 0 unspecified atom stereocenters. The Bertz CT molecular complexity index is 438. The van der Waals surface area contributed by atoms with Crippen molar-refractivity contribution in [2.45, 2.75) is 13.3 Å². The molecule has 0 bridgehead atoms. The lowest BCUT2D eigenvalue weighted by Crippen LogP contribution is -1.97. The molecule has 14 heavy (non-hydrogen) atoms. The van der Waals surface area contributed by atoms with Gasteiger partial charge in [0.2, 0.25) is 5.95 Å². The molecule has 0 saturated carbocycles. The van der Waals surface area contributed by atoms with Crippen molar-refractivity contribution in [1.82, 2.24) is 15.2 Å². The van der Waals surface area contributed by atoms with Gasteiger partial charge in [0.25, 0.3) is 0 Å². The predicted octanol–water partition coefficient (Wildman–Crippen LogP) is 1.74. The minimum atomic E-state index is 0.217. The minimum Gasteiger partial charge on any atom is -0.366 e. The molecule has 0 aliphatic carbocycles. The molecule has 0 aromatic carbocycles. The van der Waals surface area contributed by atoms with Crippen molar-refractivity contribution in [2.24, 2.45) is 0 Å². The molecule has 2 N–H and O–H groups in total. The van der Waals surface area contributed by atoms with Gasteiger partial charge in [0, 0.05) is 4.88 Å². The standard InChI is InChI=1S/C9H10N4S/c1-2-6-3-4-8(14-6)7-5-11-13-9(10)12-7/h3-5H,2H2,1H3,(H2,10,12,13). The highest BCUT2D eigenvalue weighted by atomic mass is 32.1. The SMILES string of the molecule is CCc1ccc(-c2cnnc(N)n2)s1. The summed E-state index contributed by atoms with van der Waals surface area (Å²) in [4.78, 5) is 6.52. The van der Waals surface area contributed by atoms with Crippen LogP contribution in [0.15, 0.2) is 18.3 Å². The third-order valence-corrected chi connectivity index (χ3v) is 3.09. The topological polar surface area (TPSA) is 64.7 Å². The highest BCUT2D eigenvalue weighted by Gasteiger charge is 2.04. The maximum atomic E-state index is 5.46. The first-order chi connectivity index (χ1) is 6.79. The van der Waals surface area contributed by atoms with E-state index in [0.29, 0.717) is 0 Å². The van der Waals surface area contributed by atoms with Crippen LogP contribution in [0.5, 0.6) is 0 Å². The number of nitrogen functional groups attached to an aromatic ring is 1. The molecule has 0 radical (unpaired) electrons. The van der Waals surface area contributed by atoms with Gasteiger partial charge in [-0.3, -0.25) is 0 Å². The highest BCUT2D eigenvalue weighted by Crippen LogP contribution is 2.26. The summed E-state index contributed by atoms with van der Waals surface area (Å²) >= 11 is 1.71. The van der Waals surface area contributed by atoms with Crippen LogP contribution in [0.3, 0.4) is 0 Å². The smallest absolute Gasteiger partial charge is 0.240 e. The quantitative estimate of drug-likeness (QED) is 0.813. The van der Waals surface area contributed by atoms with Crippen LogP contribution in [-0.4, -0.2) is 15.2 Å². The normalized spacial score (nSPS) is 10.4. The van der Waals surface area contributed by atoms with Crippen molar-refractivity contribution >= 4 is 17.3 Å². The first-order valence-corrected chi connectivity index (χ1v) is 5.15. The summed E-state index contributed by atoms with van der Waals surface area (Å²) in [7, 11) is 0. The predicted molar refractivity (Wildman–Crippen MR) is 56.9 cm³/mol. The summed E-state index contributed by atoms with van der Waals surface area (Å²) in [5.74, 6) is 0.217. The summed E-state index contributed by atoms with van der Waals surface area (Å²) in [6.45, 7) is 2.13. The summed E-state index contributed by atoms with van der Waals surface area (Å²) in [6.07, 6.45) is 2.67. The molecular formula is C9H10N4S. The Morgan fingerprint density at radius 3 is 2.93 bits per heavy atom. The molecule has 2 heterocycles. The Balaban J connectivity index is 2.39. The molecule has 2 aromatic heterocycles. The van der Waals surface area contributed by atoms with Crippen LogP contribution in [0, 0.1) is 0 Å². The number of hydrogen-bond donors (Lipinski definition) is 1. The Morgan fingerprint density at radius 2 is 2.29 bits per heavy atom. The third kappa shape index (κ3) is 1.72. The fourth-order valence-corrected chi connectivity index (χ4v) is 2.04. The molecule has 0 saturated heterocycles. The van der Waals surface area contributed by atoms with E-state index < -0.39 is 0 Å². The average Bonchev–Trinajstić information content (AvgIpc) is 2.66. The van der Waals surface area contributed by atoms with Crippen LogP contribution in [0.4, 0.5) is 5.95 Å². The van der Waals surface area contributed by atoms with Crippen molar-refractivity contribution in [3.63, 3.8) is 0 Å². The Labute approximate surface area is 85.8 Å². The maximum absolute atomic E-state index is 5.46. The minimum absolute atomic E-state index is 0.217. The molecule has 5 heteroatoms. The number of anilines is 1. The Hall–Kier alpha value is -1.49. The summed E-state index contributed by atoms with van der Waals surface area (Å²) < 4.78 is 0. The van der Waals surface area contributed by atoms with Gasteiger partial charge in [0.05, 0.1) is 11.1 Å². The fraction of sp³-hybridized carbons (Fsp3) is 0.222. The van der Waals surface area contributed by atoms with Crippen molar-refractivity contribution in [2.75, 3.05) is 5.73 Å². The van der Waals surface area contributed by atoms with Crippen LogP contribution < -0.4 is 5.73 Å². The van der Waals surface area contributed by atoms with Gasteiger partial charge in [-0.05, 0) is 18.6 Å². The zero-order chi connectivity index (χ0) is 9.97. The van der Waals surface area contributed by atoms with E-state index in [1.54, 1.807) is 17.5 Å². The number of nitrogens with zero attached hydrogens (tertiary/aromatic N) is 3. The molecule has 72 valence electrons. The highest BCUT2D eigenvalue weighted by molar-refractivity contribution is 7.15. The second-order valence-electron chi connectivity index (χ2n) is 2.82. The molecular weight excluding hydrogens is 196 g/mol. The first-order valence-electron chi connectivity index (χ1n) is 4.34. The number of thiophene rings is 1. The van der Waals surface area contributed by atoms with E-state index in [4.69, 9.17) is 5.73 Å². The molecule has 0 aliphatic heterocycles. The summed E-state index contributed by atoms with van der Waals surface area (Å²) in [5, 5.41) is 7.38. The van der Waals surface area contributed by atoms with Gasteiger partial charge < -0.3 is 5.73 Å². The van der Waals surface area contributed by atoms with E-state index in [1.807, 2.05) is 6.07 Å². The van der Waals surface area contributed by atoms with E-state index in [0.717, 1.165) is 17.0 Å². The van der Waals surface area contributed by atoms with Crippen LogP contribution in [0.25, 0.3) is 10.6 Å². The molecule has 0 atom stereocenters. The van der Waals surface area contributed by atoms with Crippen LogP contribution in [0.1, 0.15) is 11.8 Å². The van der Waals surface area contributed by atoms with Gasteiger partial charge in [0.1, 0.15) is 5.69 Å². The van der Waals surface area contributed by atoms with Gasteiger partial charge in [-0.2, -0.15) is 5.10 Å². The summed E-state index contributed by atoms with van der Waals surface area (Å²) in [5.41, 5.74) is 6.25. The van der Waals surface area contributed by atoms with Gasteiger partial charge in [-0.1, -0.05) is 6.92 Å². The zero-order valence-electron chi connectivity index (χ0n) is 7.77. The van der Waals surface area contributed by atoms with Crippen molar-refractivity contribution < 1.29 is 0 Å². The lowest BCUT2D eigenvalue weighted by Gasteiger charge is -1.95. The van der Waals surface area contributed by atoms with Crippen molar-refractivity contribution in [3.8, 4) is 10.6 Å². The number of hydrogen-bond acceptors (Lipinski definition) is 5. The largest absolute Gasteiger partial charge is 0.366 e. The fourth-order valence-electron chi connectivity index (χ4n) is 1.14. The Morgan fingerprint density at radius 1 is 1.43 bits per heavy atom. The van der Waals surface area contributed by atoms with E-state index in [9.17, 15) is 0 Å². The van der Waals surface area contributed by atoms with Gasteiger partial charge in [0.15, 0.2) is 0 Å². The first kappa shape index (κ1) is 9.08. The van der Waals surface area contributed by atoms with Gasteiger partial charge in [-0.15, -0.1) is 16.4 Å². The van der Waals surface area contributed by atoms with E-state index in [2.05, 4.69) is 28.2 Å². The second kappa shape index (κ2) is 3.71. The van der Waals surface area contributed by atoms with Crippen molar-refractivity contribution in [3.05, 3.63) is 23.2 Å². The average molecular weight is 206 g/mol. The van der Waals surface area contributed by atoms with Crippen molar-refractivity contribution in [1.29, 1.82) is 0 Å². The Kier molecular flexibility index (Phi) is 2.41. The molecule has 0 aliphatic rings. The number of aromatic nitrogens is 3. The van der Waals surface area contributed by atoms with E-state index in [-0.39, 0.29) is 5.95 Å². The van der Waals surface area contributed by atoms with Gasteiger partial charge >= 0.3 is 0 Å². The molecule has 0 fully saturated rings. The maximum Gasteiger partial charge on any atom is 0.240 e. The van der Waals surface area contributed by atoms with Crippen LogP contribution in [0.2, 0.25) is 0 Å². The summed E-state index contributed by atoms with van der Waals surface area (Å²) in [6, 6.07) is 4.13. The van der Waals surface area contributed by atoms with E-state index >= 15 is 0 Å². The van der Waals surface area contributed by atoms with Crippen LogP contribution >= 0.6 is 11.3 Å². The van der Waals surface area contributed by atoms with E-state index in [1.165, 1.54) is 4.88 Å². The van der Waals surface area contributed by atoms with Gasteiger partial charge in [-0.25, -0.2) is 4.98 Å². The molecule has 0 spiro atoms. The number of rotatable bonds is 2. The lowest BCUT2D eigenvalue weighted by molar-refractivity contribution is 0.992. The lowest BCUT2D eigenvalue weighted by atomic mass is 10.3. The molecule has 2 aromatic rings. The molecule has 0 amide bonds. The number of nitrogens with two attached hydrogens (primary N) is 1. The zero-order valence-corrected chi connectivity index (χ0v) is 8.58. The molecule has 2 rings (SSSR count). The third-order valence-electron chi connectivity index (χ3n) is 1.84. The monoisotopic (exact) mass is 206 g/mol. The van der Waals surface area contributed by atoms with Crippen LogP contribution in [-0.2, 0) is 6.42 Å². The number of aryl methyl sites for hydroxylation is 1. The second-order valence-corrected chi connectivity index (χ2v) is 3.99.